The highest BCUT2D eigenvalue weighted by molar-refractivity contribution is 5.77. The fourth-order valence-electron chi connectivity index (χ4n) is 1.85. The van der Waals surface area contributed by atoms with Gasteiger partial charge in [0.25, 0.3) is 0 Å². The molecule has 1 heterocycles. The van der Waals surface area contributed by atoms with Crippen LogP contribution < -0.4 is 0 Å². The Bertz CT molecular complexity index is 180. The van der Waals surface area contributed by atoms with Crippen LogP contribution in [0.25, 0.3) is 0 Å². The smallest absolute Gasteiger partial charge is 0.222 e. The molecule has 1 fully saturated rings. The molecule has 3 heteroatoms. The number of amides is 1. The van der Waals surface area contributed by atoms with Crippen LogP contribution in [0.15, 0.2) is 0 Å². The predicted molar refractivity (Wildman–Crippen MR) is 51.3 cm³/mol. The molecule has 1 rings (SSSR count). The summed E-state index contributed by atoms with van der Waals surface area (Å²) in [6.07, 6.45) is 2.74. The zero-order valence-corrected chi connectivity index (χ0v) is 8.49. The lowest BCUT2D eigenvalue weighted by atomic mass is 10.00. The van der Waals surface area contributed by atoms with Gasteiger partial charge >= 0.3 is 0 Å². The van der Waals surface area contributed by atoms with Crippen molar-refractivity contribution in [3.8, 4) is 0 Å². The van der Waals surface area contributed by atoms with E-state index in [2.05, 4.69) is 0 Å². The van der Waals surface area contributed by atoms with Crippen molar-refractivity contribution in [1.82, 2.24) is 4.90 Å². The van der Waals surface area contributed by atoms with Crippen molar-refractivity contribution < 1.29 is 9.90 Å². The number of carbonyl (C=O) groups excluding carboxylic acids is 1. The summed E-state index contributed by atoms with van der Waals surface area (Å²) in [7, 11) is 0. The first-order valence-electron chi connectivity index (χ1n) is 5.07. The number of aliphatic hydroxyl groups excluding tert-OH is 1. The van der Waals surface area contributed by atoms with Gasteiger partial charge in [0.1, 0.15) is 0 Å². The Morgan fingerprint density at radius 1 is 1.46 bits per heavy atom. The third kappa shape index (κ3) is 2.44. The van der Waals surface area contributed by atoms with E-state index >= 15 is 0 Å². The molecule has 0 bridgehead atoms. The first-order valence-corrected chi connectivity index (χ1v) is 5.07. The normalized spacial score (nSPS) is 20.9. The average Bonchev–Trinajstić information content (AvgIpc) is 2.09. The highest BCUT2D eigenvalue weighted by atomic mass is 16.3. The largest absolute Gasteiger partial charge is 0.394 e. The summed E-state index contributed by atoms with van der Waals surface area (Å²) >= 11 is 0. The lowest BCUT2D eigenvalue weighted by Gasteiger charge is -2.35. The molecule has 0 aromatic carbocycles. The molecule has 0 spiro atoms. The second kappa shape index (κ2) is 4.61. The highest BCUT2D eigenvalue weighted by Gasteiger charge is 2.27. The third-order valence-electron chi connectivity index (χ3n) is 2.72. The average molecular weight is 185 g/mol. The van der Waals surface area contributed by atoms with E-state index in [-0.39, 0.29) is 18.6 Å². The molecular formula is C10H19NO2. The van der Waals surface area contributed by atoms with Gasteiger partial charge in [0.15, 0.2) is 0 Å². The van der Waals surface area contributed by atoms with Crippen molar-refractivity contribution in [3.63, 3.8) is 0 Å². The molecule has 1 N–H and O–H groups in total. The fourth-order valence-corrected chi connectivity index (χ4v) is 1.85. The summed E-state index contributed by atoms with van der Waals surface area (Å²) in [5, 5.41) is 9.17. The first-order chi connectivity index (χ1) is 6.16. The van der Waals surface area contributed by atoms with Crippen molar-refractivity contribution in [3.05, 3.63) is 0 Å². The van der Waals surface area contributed by atoms with E-state index in [9.17, 15) is 9.90 Å². The Morgan fingerprint density at radius 3 is 2.62 bits per heavy atom. The van der Waals surface area contributed by atoms with Gasteiger partial charge in [0.2, 0.25) is 5.91 Å². The number of rotatable bonds is 3. The van der Waals surface area contributed by atoms with Crippen molar-refractivity contribution in [2.24, 2.45) is 5.92 Å². The van der Waals surface area contributed by atoms with E-state index in [1.807, 2.05) is 18.7 Å². The van der Waals surface area contributed by atoms with E-state index in [1.165, 1.54) is 0 Å². The van der Waals surface area contributed by atoms with Crippen LogP contribution in [0.3, 0.4) is 0 Å². The Kier molecular flexibility index (Phi) is 3.72. The Labute approximate surface area is 79.7 Å². The lowest BCUT2D eigenvalue weighted by molar-refractivity contribution is -0.138. The number of carbonyl (C=O) groups is 1. The summed E-state index contributed by atoms with van der Waals surface area (Å²) in [5.74, 6) is 0.547. The van der Waals surface area contributed by atoms with Crippen LogP contribution in [0.4, 0.5) is 0 Å². The summed E-state index contributed by atoms with van der Waals surface area (Å²) in [4.78, 5) is 13.4. The van der Waals surface area contributed by atoms with Crippen LogP contribution in [0.2, 0.25) is 0 Å². The van der Waals surface area contributed by atoms with Gasteiger partial charge in [-0.2, -0.15) is 0 Å². The van der Waals surface area contributed by atoms with Gasteiger partial charge in [-0.05, 0) is 18.8 Å². The fraction of sp³-hybridized carbons (Fsp3) is 0.900. The van der Waals surface area contributed by atoms with E-state index in [4.69, 9.17) is 0 Å². The number of hydrogen-bond acceptors (Lipinski definition) is 2. The number of hydrogen-bond donors (Lipinski definition) is 1. The minimum absolute atomic E-state index is 0.0211. The molecule has 1 atom stereocenters. The monoisotopic (exact) mass is 185 g/mol. The summed E-state index contributed by atoms with van der Waals surface area (Å²) in [6, 6.07) is 0.0211. The maximum Gasteiger partial charge on any atom is 0.222 e. The SMILES string of the molecule is CC(C)[C@H](CO)N1CCCCC1=O. The van der Waals surface area contributed by atoms with Crippen LogP contribution in [-0.2, 0) is 4.79 Å². The molecule has 0 aromatic heterocycles. The topological polar surface area (TPSA) is 40.5 Å². The van der Waals surface area contributed by atoms with Gasteiger partial charge in [-0.1, -0.05) is 13.8 Å². The van der Waals surface area contributed by atoms with Crippen LogP contribution >= 0.6 is 0 Å². The van der Waals surface area contributed by atoms with Crippen LogP contribution in [-0.4, -0.2) is 35.1 Å². The zero-order chi connectivity index (χ0) is 9.84. The third-order valence-corrected chi connectivity index (χ3v) is 2.72. The number of likely N-dealkylation sites (tertiary alicyclic amines) is 1. The van der Waals surface area contributed by atoms with E-state index < -0.39 is 0 Å². The quantitative estimate of drug-likeness (QED) is 0.713. The number of nitrogens with zero attached hydrogens (tertiary/aromatic N) is 1. The minimum Gasteiger partial charge on any atom is -0.394 e. The summed E-state index contributed by atoms with van der Waals surface area (Å²) < 4.78 is 0. The molecule has 1 saturated heterocycles. The van der Waals surface area contributed by atoms with Crippen molar-refractivity contribution in [2.75, 3.05) is 13.2 Å². The maximum absolute atomic E-state index is 11.5. The first kappa shape index (κ1) is 10.5. The molecule has 1 amide bonds. The molecule has 1 aliphatic heterocycles. The van der Waals surface area contributed by atoms with Gasteiger partial charge in [-0.15, -0.1) is 0 Å². The van der Waals surface area contributed by atoms with E-state index in [0.29, 0.717) is 12.3 Å². The second-order valence-electron chi connectivity index (χ2n) is 4.04. The minimum atomic E-state index is 0.0211. The predicted octanol–water partition coefficient (Wildman–Crippen LogP) is 1.02. The van der Waals surface area contributed by atoms with Crippen molar-refractivity contribution in [1.29, 1.82) is 0 Å². The number of piperidine rings is 1. The Hall–Kier alpha value is -0.570. The van der Waals surface area contributed by atoms with Gasteiger partial charge in [-0.25, -0.2) is 0 Å². The molecule has 0 unspecified atom stereocenters. The number of aliphatic hydroxyl groups is 1. The standard InChI is InChI=1S/C10H19NO2/c1-8(2)9(7-12)11-6-4-3-5-10(11)13/h8-9,12H,3-7H2,1-2H3/t9-/m0/s1. The van der Waals surface area contributed by atoms with Gasteiger partial charge in [0, 0.05) is 13.0 Å². The van der Waals surface area contributed by atoms with E-state index in [0.717, 1.165) is 19.4 Å². The summed E-state index contributed by atoms with van der Waals surface area (Å²) in [6.45, 7) is 5.00. The molecule has 0 saturated carbocycles. The molecule has 0 aliphatic carbocycles. The molecule has 76 valence electrons. The Balaban J connectivity index is 2.60. The zero-order valence-electron chi connectivity index (χ0n) is 8.49. The summed E-state index contributed by atoms with van der Waals surface area (Å²) in [5.41, 5.74) is 0. The van der Waals surface area contributed by atoms with Crippen LogP contribution in [0.5, 0.6) is 0 Å². The van der Waals surface area contributed by atoms with Crippen molar-refractivity contribution >= 4 is 5.91 Å². The molecule has 1 aliphatic rings. The molecular weight excluding hydrogens is 166 g/mol. The molecule has 3 nitrogen and oxygen atoms in total. The van der Waals surface area contributed by atoms with Gasteiger partial charge < -0.3 is 10.0 Å². The maximum atomic E-state index is 11.5. The Morgan fingerprint density at radius 2 is 2.15 bits per heavy atom. The second-order valence-corrected chi connectivity index (χ2v) is 4.04. The molecule has 0 radical (unpaired) electrons. The van der Waals surface area contributed by atoms with Crippen LogP contribution in [0.1, 0.15) is 33.1 Å². The van der Waals surface area contributed by atoms with Gasteiger partial charge in [-0.3, -0.25) is 4.79 Å². The lowest BCUT2D eigenvalue weighted by Crippen LogP contribution is -2.47. The molecule has 13 heavy (non-hydrogen) atoms. The highest BCUT2D eigenvalue weighted by Crippen LogP contribution is 2.18. The van der Waals surface area contributed by atoms with Crippen LogP contribution in [0, 0.1) is 5.92 Å². The van der Waals surface area contributed by atoms with E-state index in [1.54, 1.807) is 0 Å². The van der Waals surface area contributed by atoms with Gasteiger partial charge in [0.05, 0.1) is 12.6 Å². The van der Waals surface area contributed by atoms with Crippen molar-refractivity contribution in [2.45, 2.75) is 39.2 Å². The molecule has 0 aromatic rings.